The third kappa shape index (κ3) is 3.81. The van der Waals surface area contributed by atoms with Crippen LogP contribution >= 0.6 is 0 Å². The number of benzene rings is 2. The first-order valence-electron chi connectivity index (χ1n) is 6.84. The number of halogens is 2. The van der Waals surface area contributed by atoms with E-state index in [2.05, 4.69) is 0 Å². The van der Waals surface area contributed by atoms with Crippen molar-refractivity contribution < 1.29 is 18.3 Å². The zero-order valence-electron chi connectivity index (χ0n) is 12.5. The second kappa shape index (κ2) is 7.02. The molecule has 0 spiro atoms. The smallest absolute Gasteiger partial charge is 0.253 e. The molecule has 0 aliphatic rings. The standard InChI is InChI=1S/C17H17F2NO2/c1-20(10-9-12-3-6-14(18)7-4-12)17(21)13-5-8-16(22-2)15(19)11-13/h3-8,11H,9-10H2,1-2H3. The molecule has 0 bridgehead atoms. The molecule has 0 heterocycles. The van der Waals surface area contributed by atoms with Crippen molar-refractivity contribution in [3.8, 4) is 5.75 Å². The molecule has 0 aliphatic heterocycles. The fourth-order valence-corrected chi connectivity index (χ4v) is 2.07. The molecular formula is C17H17F2NO2. The fraction of sp³-hybridized carbons (Fsp3) is 0.235. The van der Waals surface area contributed by atoms with E-state index < -0.39 is 5.82 Å². The number of rotatable bonds is 5. The zero-order valence-corrected chi connectivity index (χ0v) is 12.5. The van der Waals surface area contributed by atoms with E-state index in [0.717, 1.165) is 11.6 Å². The van der Waals surface area contributed by atoms with Gasteiger partial charge in [0.1, 0.15) is 5.82 Å². The van der Waals surface area contributed by atoms with Gasteiger partial charge in [0.2, 0.25) is 0 Å². The number of hydrogen-bond acceptors (Lipinski definition) is 2. The first-order valence-corrected chi connectivity index (χ1v) is 6.84. The zero-order chi connectivity index (χ0) is 16.1. The number of likely N-dealkylation sites (N-methyl/N-ethyl adjacent to an activating group) is 1. The molecule has 116 valence electrons. The van der Waals surface area contributed by atoms with Crippen LogP contribution in [0, 0.1) is 11.6 Å². The lowest BCUT2D eigenvalue weighted by molar-refractivity contribution is 0.0796. The Hall–Kier alpha value is -2.43. The molecule has 2 rings (SSSR count). The molecule has 3 nitrogen and oxygen atoms in total. The molecule has 0 N–H and O–H groups in total. The van der Waals surface area contributed by atoms with Gasteiger partial charge < -0.3 is 9.64 Å². The van der Waals surface area contributed by atoms with Gasteiger partial charge >= 0.3 is 0 Å². The fourth-order valence-electron chi connectivity index (χ4n) is 2.07. The number of carbonyl (C=O) groups is 1. The Kier molecular flexibility index (Phi) is 5.09. The summed E-state index contributed by atoms with van der Waals surface area (Å²) in [6.07, 6.45) is 0.598. The summed E-state index contributed by atoms with van der Waals surface area (Å²) in [7, 11) is 3.02. The van der Waals surface area contributed by atoms with Gasteiger partial charge in [0.25, 0.3) is 5.91 Å². The summed E-state index contributed by atoms with van der Waals surface area (Å²) in [6, 6.07) is 10.2. The Morgan fingerprint density at radius 3 is 2.41 bits per heavy atom. The maximum absolute atomic E-state index is 13.6. The first kappa shape index (κ1) is 15.9. The van der Waals surface area contributed by atoms with Gasteiger partial charge in [-0.1, -0.05) is 12.1 Å². The van der Waals surface area contributed by atoms with E-state index in [-0.39, 0.29) is 23.0 Å². The van der Waals surface area contributed by atoms with Crippen molar-refractivity contribution in [3.05, 3.63) is 65.2 Å². The number of amides is 1. The van der Waals surface area contributed by atoms with Gasteiger partial charge in [-0.15, -0.1) is 0 Å². The second-order valence-electron chi connectivity index (χ2n) is 4.95. The van der Waals surface area contributed by atoms with Gasteiger partial charge in [-0.3, -0.25) is 4.79 Å². The van der Waals surface area contributed by atoms with E-state index in [1.165, 1.54) is 36.3 Å². The molecule has 22 heavy (non-hydrogen) atoms. The monoisotopic (exact) mass is 305 g/mol. The van der Waals surface area contributed by atoms with Crippen molar-refractivity contribution in [2.24, 2.45) is 0 Å². The van der Waals surface area contributed by atoms with Crippen LogP contribution in [0.4, 0.5) is 8.78 Å². The lowest BCUT2D eigenvalue weighted by Gasteiger charge is -2.17. The lowest BCUT2D eigenvalue weighted by Crippen LogP contribution is -2.28. The summed E-state index contributed by atoms with van der Waals surface area (Å²) in [6.45, 7) is 0.456. The van der Waals surface area contributed by atoms with E-state index in [0.29, 0.717) is 13.0 Å². The van der Waals surface area contributed by atoms with Crippen molar-refractivity contribution in [2.75, 3.05) is 20.7 Å². The van der Waals surface area contributed by atoms with Crippen LogP contribution in [0.5, 0.6) is 5.75 Å². The van der Waals surface area contributed by atoms with E-state index in [1.807, 2.05) is 0 Å². The summed E-state index contributed by atoms with van der Waals surface area (Å²) < 4.78 is 31.3. The summed E-state index contributed by atoms with van der Waals surface area (Å²) >= 11 is 0. The molecule has 0 unspecified atom stereocenters. The van der Waals surface area contributed by atoms with Crippen LogP contribution in [-0.4, -0.2) is 31.5 Å². The minimum Gasteiger partial charge on any atom is -0.494 e. The maximum Gasteiger partial charge on any atom is 0.253 e. The molecule has 0 saturated carbocycles. The van der Waals surface area contributed by atoms with E-state index in [4.69, 9.17) is 4.74 Å². The van der Waals surface area contributed by atoms with Gasteiger partial charge in [-0.25, -0.2) is 8.78 Å². The third-order valence-corrected chi connectivity index (χ3v) is 3.39. The molecule has 1 amide bonds. The van der Waals surface area contributed by atoms with Crippen LogP contribution in [0.3, 0.4) is 0 Å². The molecule has 0 atom stereocenters. The van der Waals surface area contributed by atoms with Crippen LogP contribution in [0.25, 0.3) is 0 Å². The molecule has 0 radical (unpaired) electrons. The molecule has 0 fully saturated rings. The molecule has 0 aliphatic carbocycles. The Bertz CT molecular complexity index is 656. The number of nitrogens with zero attached hydrogens (tertiary/aromatic N) is 1. The summed E-state index contributed by atoms with van der Waals surface area (Å²) in [5.41, 5.74) is 1.20. The van der Waals surface area contributed by atoms with Crippen molar-refractivity contribution in [1.82, 2.24) is 4.90 Å². The topological polar surface area (TPSA) is 29.5 Å². The number of methoxy groups -OCH3 is 1. The van der Waals surface area contributed by atoms with Crippen LogP contribution in [0.2, 0.25) is 0 Å². The highest BCUT2D eigenvalue weighted by Gasteiger charge is 2.14. The largest absolute Gasteiger partial charge is 0.494 e. The Labute approximate surface area is 128 Å². The molecular weight excluding hydrogens is 288 g/mol. The average molecular weight is 305 g/mol. The van der Waals surface area contributed by atoms with E-state index in [1.54, 1.807) is 19.2 Å². The van der Waals surface area contributed by atoms with E-state index >= 15 is 0 Å². The van der Waals surface area contributed by atoms with Crippen molar-refractivity contribution >= 4 is 5.91 Å². The predicted octanol–water partition coefficient (Wildman–Crippen LogP) is 3.29. The SMILES string of the molecule is COc1ccc(C(=O)N(C)CCc2ccc(F)cc2)cc1F. The van der Waals surface area contributed by atoms with Crippen molar-refractivity contribution in [1.29, 1.82) is 0 Å². The summed E-state index contributed by atoms with van der Waals surface area (Å²) in [4.78, 5) is 13.7. The van der Waals surface area contributed by atoms with Crippen molar-refractivity contribution in [3.63, 3.8) is 0 Å². The molecule has 0 aromatic heterocycles. The highest BCUT2D eigenvalue weighted by Crippen LogP contribution is 2.18. The molecule has 0 saturated heterocycles. The van der Waals surface area contributed by atoms with E-state index in [9.17, 15) is 13.6 Å². The minimum atomic E-state index is -0.569. The quantitative estimate of drug-likeness (QED) is 0.848. The van der Waals surface area contributed by atoms with Crippen LogP contribution in [0.1, 0.15) is 15.9 Å². The minimum absolute atomic E-state index is 0.102. The highest BCUT2D eigenvalue weighted by atomic mass is 19.1. The Balaban J connectivity index is 1.99. The summed E-state index contributed by atoms with van der Waals surface area (Å²) in [5, 5.41) is 0. The van der Waals surface area contributed by atoms with Gasteiger partial charge in [-0.05, 0) is 42.3 Å². The van der Waals surface area contributed by atoms with Crippen LogP contribution < -0.4 is 4.74 Å². The Morgan fingerprint density at radius 1 is 1.14 bits per heavy atom. The van der Waals surface area contributed by atoms with Gasteiger partial charge in [0, 0.05) is 19.2 Å². The lowest BCUT2D eigenvalue weighted by atomic mass is 10.1. The maximum atomic E-state index is 13.6. The Morgan fingerprint density at radius 2 is 1.82 bits per heavy atom. The number of hydrogen-bond donors (Lipinski definition) is 0. The van der Waals surface area contributed by atoms with Gasteiger partial charge in [-0.2, -0.15) is 0 Å². The van der Waals surface area contributed by atoms with Gasteiger partial charge in [0.15, 0.2) is 11.6 Å². The average Bonchev–Trinajstić information content (AvgIpc) is 2.53. The molecule has 5 heteroatoms. The molecule has 2 aromatic carbocycles. The van der Waals surface area contributed by atoms with Gasteiger partial charge in [0.05, 0.1) is 7.11 Å². The first-order chi connectivity index (χ1) is 10.5. The second-order valence-corrected chi connectivity index (χ2v) is 4.95. The molecule has 2 aromatic rings. The summed E-state index contributed by atoms with van der Waals surface area (Å²) in [5.74, 6) is -1.03. The van der Waals surface area contributed by atoms with Crippen molar-refractivity contribution in [2.45, 2.75) is 6.42 Å². The third-order valence-electron chi connectivity index (χ3n) is 3.39. The normalized spacial score (nSPS) is 10.4. The highest BCUT2D eigenvalue weighted by molar-refractivity contribution is 5.94. The number of carbonyl (C=O) groups excluding carboxylic acids is 1. The predicted molar refractivity (Wildman–Crippen MR) is 80.0 cm³/mol. The number of ether oxygens (including phenoxy) is 1. The van der Waals surface area contributed by atoms with Crippen LogP contribution in [-0.2, 0) is 6.42 Å². The van der Waals surface area contributed by atoms with Crippen LogP contribution in [0.15, 0.2) is 42.5 Å².